The van der Waals surface area contributed by atoms with Gasteiger partial charge in [0.1, 0.15) is 12.4 Å². The molecule has 1 heterocycles. The predicted octanol–water partition coefficient (Wildman–Crippen LogP) is 5.39. The Hall–Kier alpha value is -1.93. The highest BCUT2D eigenvalue weighted by Gasteiger charge is 2.13. The normalized spacial score (nSPS) is 10.8. The molecule has 0 spiro atoms. The number of hydrogen-bond donors (Lipinski definition) is 1. The molecule has 152 valence electrons. The standard InChI is InChI=1S/C19H17Cl3N4O2S/c1-11-3-4-12(20)7-15(11)23-18(27)10-29-19-25-24-17(26(19)2)9-28-16-8-13(21)5-6-14(16)22/h3-8H,9-10H2,1-2H3,(H,23,27). The van der Waals surface area contributed by atoms with Crippen LogP contribution in [0.1, 0.15) is 11.4 Å². The number of aromatic nitrogens is 3. The molecule has 6 nitrogen and oxygen atoms in total. The molecule has 0 fully saturated rings. The molecular weight excluding hydrogens is 455 g/mol. The van der Waals surface area contributed by atoms with Crippen LogP contribution in [0.5, 0.6) is 5.75 Å². The van der Waals surface area contributed by atoms with Gasteiger partial charge in [0.15, 0.2) is 11.0 Å². The molecule has 3 rings (SSSR count). The van der Waals surface area contributed by atoms with Crippen LogP contribution in [0.2, 0.25) is 15.1 Å². The Bertz CT molecular complexity index is 1040. The van der Waals surface area contributed by atoms with Crippen molar-refractivity contribution < 1.29 is 9.53 Å². The topological polar surface area (TPSA) is 69.0 Å². The number of amides is 1. The van der Waals surface area contributed by atoms with Gasteiger partial charge in [-0.15, -0.1) is 10.2 Å². The van der Waals surface area contributed by atoms with Crippen molar-refractivity contribution in [2.24, 2.45) is 7.05 Å². The molecule has 0 aliphatic carbocycles. The van der Waals surface area contributed by atoms with Crippen molar-refractivity contribution in [1.82, 2.24) is 14.8 Å². The van der Waals surface area contributed by atoms with Gasteiger partial charge in [0.05, 0.1) is 10.8 Å². The summed E-state index contributed by atoms with van der Waals surface area (Å²) in [6.07, 6.45) is 0. The van der Waals surface area contributed by atoms with Gasteiger partial charge in [-0.25, -0.2) is 0 Å². The third kappa shape index (κ3) is 5.79. The monoisotopic (exact) mass is 470 g/mol. The van der Waals surface area contributed by atoms with Crippen molar-refractivity contribution in [1.29, 1.82) is 0 Å². The summed E-state index contributed by atoms with van der Waals surface area (Å²) in [4.78, 5) is 12.3. The molecule has 1 aromatic heterocycles. The number of anilines is 1. The van der Waals surface area contributed by atoms with Crippen molar-refractivity contribution in [3.8, 4) is 5.75 Å². The van der Waals surface area contributed by atoms with Crippen molar-refractivity contribution in [2.75, 3.05) is 11.1 Å². The Balaban J connectivity index is 1.57. The molecule has 1 N–H and O–H groups in total. The maximum absolute atomic E-state index is 12.3. The molecule has 0 bridgehead atoms. The minimum absolute atomic E-state index is 0.160. The summed E-state index contributed by atoms with van der Waals surface area (Å²) in [6, 6.07) is 10.3. The third-order valence-corrected chi connectivity index (χ3v) is 5.78. The Labute approximate surface area is 187 Å². The molecule has 3 aromatic rings. The van der Waals surface area contributed by atoms with Gasteiger partial charge in [0.25, 0.3) is 0 Å². The van der Waals surface area contributed by atoms with Gasteiger partial charge in [-0.1, -0.05) is 52.6 Å². The van der Waals surface area contributed by atoms with Gasteiger partial charge in [0.2, 0.25) is 5.91 Å². The van der Waals surface area contributed by atoms with Gasteiger partial charge in [-0.05, 0) is 36.8 Å². The van der Waals surface area contributed by atoms with E-state index in [2.05, 4.69) is 15.5 Å². The molecule has 29 heavy (non-hydrogen) atoms. The van der Waals surface area contributed by atoms with E-state index in [4.69, 9.17) is 39.5 Å². The summed E-state index contributed by atoms with van der Waals surface area (Å²) in [5, 5.41) is 13.2. The lowest BCUT2D eigenvalue weighted by Crippen LogP contribution is -2.15. The lowest BCUT2D eigenvalue weighted by atomic mass is 10.2. The predicted molar refractivity (Wildman–Crippen MR) is 117 cm³/mol. The van der Waals surface area contributed by atoms with E-state index in [0.29, 0.717) is 37.5 Å². The molecule has 2 aromatic carbocycles. The summed E-state index contributed by atoms with van der Waals surface area (Å²) < 4.78 is 7.45. The first kappa shape index (κ1) is 21.8. The van der Waals surface area contributed by atoms with Gasteiger partial charge in [-0.3, -0.25) is 4.79 Å². The SMILES string of the molecule is Cc1ccc(Cl)cc1NC(=O)CSc1nnc(COc2cc(Cl)ccc2Cl)n1C. The first-order valence-corrected chi connectivity index (χ1v) is 10.6. The van der Waals surface area contributed by atoms with E-state index in [1.807, 2.05) is 13.0 Å². The quantitative estimate of drug-likeness (QED) is 0.468. The highest BCUT2D eigenvalue weighted by Crippen LogP contribution is 2.28. The first-order valence-electron chi connectivity index (χ1n) is 8.48. The fourth-order valence-corrected chi connectivity index (χ4v) is 3.61. The number of ether oxygens (including phenoxy) is 1. The van der Waals surface area contributed by atoms with E-state index >= 15 is 0 Å². The summed E-state index contributed by atoms with van der Waals surface area (Å²) in [5.74, 6) is 1.08. The Morgan fingerprint density at radius 3 is 2.66 bits per heavy atom. The minimum Gasteiger partial charge on any atom is -0.484 e. The van der Waals surface area contributed by atoms with Gasteiger partial charge in [-0.2, -0.15) is 0 Å². The number of nitrogens with zero attached hydrogens (tertiary/aromatic N) is 3. The van der Waals surface area contributed by atoms with E-state index in [1.54, 1.807) is 41.9 Å². The molecule has 0 radical (unpaired) electrons. The van der Waals surface area contributed by atoms with E-state index in [-0.39, 0.29) is 18.3 Å². The Kier molecular flexibility index (Phi) is 7.29. The summed E-state index contributed by atoms with van der Waals surface area (Å²) in [7, 11) is 1.81. The van der Waals surface area contributed by atoms with Gasteiger partial charge >= 0.3 is 0 Å². The van der Waals surface area contributed by atoms with E-state index in [9.17, 15) is 4.79 Å². The number of halogens is 3. The second kappa shape index (κ2) is 9.71. The van der Waals surface area contributed by atoms with Crippen molar-refractivity contribution in [2.45, 2.75) is 18.7 Å². The lowest BCUT2D eigenvalue weighted by molar-refractivity contribution is -0.113. The number of hydrogen-bond acceptors (Lipinski definition) is 5. The molecule has 0 aliphatic rings. The highest BCUT2D eigenvalue weighted by atomic mass is 35.5. The summed E-state index contributed by atoms with van der Waals surface area (Å²) in [5.41, 5.74) is 1.62. The molecule has 0 unspecified atom stereocenters. The molecule has 0 aliphatic heterocycles. The minimum atomic E-state index is -0.160. The number of thioether (sulfide) groups is 1. The maximum atomic E-state index is 12.3. The molecule has 0 saturated carbocycles. The Morgan fingerprint density at radius 1 is 1.14 bits per heavy atom. The van der Waals surface area contributed by atoms with Crippen LogP contribution in [-0.4, -0.2) is 26.4 Å². The average molecular weight is 472 g/mol. The molecule has 1 amide bonds. The van der Waals surface area contributed by atoms with Crippen LogP contribution >= 0.6 is 46.6 Å². The number of carbonyl (C=O) groups excluding carboxylic acids is 1. The molecular formula is C19H17Cl3N4O2S. The fourth-order valence-electron chi connectivity index (χ4n) is 2.37. The maximum Gasteiger partial charge on any atom is 0.234 e. The van der Waals surface area contributed by atoms with Crippen LogP contribution < -0.4 is 10.1 Å². The van der Waals surface area contributed by atoms with E-state index in [0.717, 1.165) is 5.56 Å². The largest absolute Gasteiger partial charge is 0.484 e. The average Bonchev–Trinajstić information content (AvgIpc) is 3.03. The van der Waals surface area contributed by atoms with Crippen LogP contribution in [0.4, 0.5) is 5.69 Å². The van der Waals surface area contributed by atoms with Crippen molar-refractivity contribution in [3.05, 3.63) is 62.9 Å². The zero-order valence-corrected chi connectivity index (χ0v) is 18.7. The number of carbonyl (C=O) groups is 1. The van der Waals surface area contributed by atoms with Crippen LogP contribution in [0.3, 0.4) is 0 Å². The van der Waals surface area contributed by atoms with Crippen molar-refractivity contribution >= 4 is 58.2 Å². The van der Waals surface area contributed by atoms with Crippen LogP contribution in [0.15, 0.2) is 41.6 Å². The van der Waals surface area contributed by atoms with Crippen LogP contribution in [0.25, 0.3) is 0 Å². The number of benzene rings is 2. The number of nitrogens with one attached hydrogen (secondary N) is 1. The lowest BCUT2D eigenvalue weighted by Gasteiger charge is -2.09. The second-order valence-electron chi connectivity index (χ2n) is 6.12. The molecule has 0 saturated heterocycles. The smallest absolute Gasteiger partial charge is 0.234 e. The van der Waals surface area contributed by atoms with Gasteiger partial charge in [0, 0.05) is 28.8 Å². The van der Waals surface area contributed by atoms with Crippen LogP contribution in [0, 0.1) is 6.92 Å². The van der Waals surface area contributed by atoms with Gasteiger partial charge < -0.3 is 14.6 Å². The summed E-state index contributed by atoms with van der Waals surface area (Å²) in [6.45, 7) is 2.07. The second-order valence-corrected chi connectivity index (χ2v) is 8.34. The molecule has 0 atom stereocenters. The summed E-state index contributed by atoms with van der Waals surface area (Å²) >= 11 is 19.3. The molecule has 10 heteroatoms. The zero-order valence-electron chi connectivity index (χ0n) is 15.6. The van der Waals surface area contributed by atoms with E-state index < -0.39 is 0 Å². The van der Waals surface area contributed by atoms with E-state index in [1.165, 1.54) is 11.8 Å². The fraction of sp³-hybridized carbons (Fsp3) is 0.211. The van der Waals surface area contributed by atoms with Crippen molar-refractivity contribution in [3.63, 3.8) is 0 Å². The Morgan fingerprint density at radius 2 is 1.86 bits per heavy atom. The number of rotatable bonds is 7. The third-order valence-electron chi connectivity index (χ3n) is 3.98. The van der Waals surface area contributed by atoms with Crippen LogP contribution in [-0.2, 0) is 18.4 Å². The first-order chi connectivity index (χ1) is 13.8. The zero-order chi connectivity index (χ0) is 21.0. The highest BCUT2D eigenvalue weighted by molar-refractivity contribution is 7.99. The number of aryl methyl sites for hydroxylation is 1.